The second-order valence-corrected chi connectivity index (χ2v) is 5.71. The Hall–Kier alpha value is -0.570. The van der Waals surface area contributed by atoms with Crippen LogP contribution in [-0.2, 0) is 4.79 Å². The van der Waals surface area contributed by atoms with Crippen molar-refractivity contribution in [2.24, 2.45) is 5.41 Å². The SMILES string of the molecule is CC1(C)CCCC(NC(=O)CCCCO)C1. The van der Waals surface area contributed by atoms with Crippen LogP contribution < -0.4 is 5.32 Å². The number of carbonyl (C=O) groups is 1. The number of aliphatic hydroxyl groups is 1. The fourth-order valence-electron chi connectivity index (χ4n) is 2.52. The number of unbranched alkanes of at least 4 members (excludes halogenated alkanes) is 1. The summed E-state index contributed by atoms with van der Waals surface area (Å²) in [7, 11) is 0. The van der Waals surface area contributed by atoms with Gasteiger partial charge >= 0.3 is 0 Å². The van der Waals surface area contributed by atoms with Crippen molar-refractivity contribution in [2.75, 3.05) is 6.61 Å². The summed E-state index contributed by atoms with van der Waals surface area (Å²) in [6.45, 7) is 4.73. The van der Waals surface area contributed by atoms with E-state index in [0.29, 0.717) is 17.9 Å². The molecule has 3 heteroatoms. The topological polar surface area (TPSA) is 49.3 Å². The lowest BCUT2D eigenvalue weighted by atomic mass is 9.75. The Morgan fingerprint density at radius 1 is 1.44 bits per heavy atom. The van der Waals surface area contributed by atoms with Crippen molar-refractivity contribution >= 4 is 5.91 Å². The molecule has 1 fully saturated rings. The summed E-state index contributed by atoms with van der Waals surface area (Å²) in [5, 5.41) is 11.8. The Labute approximate surface area is 98.6 Å². The molecule has 0 heterocycles. The van der Waals surface area contributed by atoms with Gasteiger partial charge in [-0.1, -0.05) is 20.3 Å². The van der Waals surface area contributed by atoms with Crippen LogP contribution in [0.2, 0.25) is 0 Å². The van der Waals surface area contributed by atoms with Gasteiger partial charge in [-0.2, -0.15) is 0 Å². The van der Waals surface area contributed by atoms with E-state index in [-0.39, 0.29) is 12.5 Å². The number of rotatable bonds is 5. The van der Waals surface area contributed by atoms with Crippen LogP contribution in [0.15, 0.2) is 0 Å². The van der Waals surface area contributed by atoms with Gasteiger partial charge in [0.05, 0.1) is 0 Å². The normalized spacial score (nSPS) is 24.1. The molecule has 0 aromatic carbocycles. The molecule has 0 aliphatic heterocycles. The third-order valence-electron chi connectivity index (χ3n) is 3.38. The molecule has 0 radical (unpaired) electrons. The minimum atomic E-state index is 0.149. The number of hydrogen-bond donors (Lipinski definition) is 2. The summed E-state index contributed by atoms with van der Waals surface area (Å²) < 4.78 is 0. The number of nitrogens with one attached hydrogen (secondary N) is 1. The molecule has 0 aromatic heterocycles. The van der Waals surface area contributed by atoms with Crippen LogP contribution in [0.3, 0.4) is 0 Å². The van der Waals surface area contributed by atoms with Gasteiger partial charge in [0.1, 0.15) is 0 Å². The second kappa shape index (κ2) is 6.24. The number of hydrogen-bond acceptors (Lipinski definition) is 2. The molecule has 1 unspecified atom stereocenters. The average Bonchev–Trinajstić information content (AvgIpc) is 2.16. The van der Waals surface area contributed by atoms with Gasteiger partial charge in [-0.3, -0.25) is 4.79 Å². The third-order valence-corrected chi connectivity index (χ3v) is 3.38. The Morgan fingerprint density at radius 3 is 2.81 bits per heavy atom. The van der Waals surface area contributed by atoms with Crippen LogP contribution in [0.4, 0.5) is 0 Å². The highest BCUT2D eigenvalue weighted by Crippen LogP contribution is 2.35. The molecule has 2 N–H and O–H groups in total. The third kappa shape index (κ3) is 4.97. The minimum absolute atomic E-state index is 0.149. The molecular weight excluding hydrogens is 202 g/mol. The van der Waals surface area contributed by atoms with Gasteiger partial charge < -0.3 is 10.4 Å². The van der Waals surface area contributed by atoms with Gasteiger partial charge in [0, 0.05) is 19.1 Å². The Bertz CT molecular complexity index is 226. The summed E-state index contributed by atoms with van der Waals surface area (Å²) in [4.78, 5) is 11.6. The maximum absolute atomic E-state index is 11.6. The Balaban J connectivity index is 2.23. The van der Waals surface area contributed by atoms with E-state index in [4.69, 9.17) is 5.11 Å². The second-order valence-electron chi connectivity index (χ2n) is 5.71. The average molecular weight is 227 g/mol. The van der Waals surface area contributed by atoms with Crippen molar-refractivity contribution in [3.63, 3.8) is 0 Å². The van der Waals surface area contributed by atoms with Gasteiger partial charge in [-0.05, 0) is 37.5 Å². The van der Waals surface area contributed by atoms with E-state index in [1.165, 1.54) is 12.8 Å². The molecule has 0 aromatic rings. The van der Waals surface area contributed by atoms with Crippen molar-refractivity contribution in [1.82, 2.24) is 5.32 Å². The molecule has 1 atom stereocenters. The molecule has 0 spiro atoms. The summed E-state index contributed by atoms with van der Waals surface area (Å²) in [6.07, 6.45) is 6.77. The largest absolute Gasteiger partial charge is 0.396 e. The van der Waals surface area contributed by atoms with Crippen LogP contribution in [0, 0.1) is 5.41 Å². The molecule has 0 saturated heterocycles. The molecule has 1 saturated carbocycles. The van der Waals surface area contributed by atoms with Crippen molar-refractivity contribution in [3.8, 4) is 0 Å². The first-order valence-electron chi connectivity index (χ1n) is 6.44. The number of amides is 1. The van der Waals surface area contributed by atoms with Crippen LogP contribution >= 0.6 is 0 Å². The monoisotopic (exact) mass is 227 g/mol. The Kier molecular flexibility index (Phi) is 5.26. The molecule has 94 valence electrons. The zero-order valence-corrected chi connectivity index (χ0v) is 10.6. The van der Waals surface area contributed by atoms with Gasteiger partial charge in [0.15, 0.2) is 0 Å². The molecule has 16 heavy (non-hydrogen) atoms. The van der Waals surface area contributed by atoms with E-state index >= 15 is 0 Å². The molecule has 1 amide bonds. The summed E-state index contributed by atoms with van der Waals surface area (Å²) in [5.74, 6) is 0.149. The van der Waals surface area contributed by atoms with Gasteiger partial charge in [0.2, 0.25) is 5.91 Å². The van der Waals surface area contributed by atoms with Crippen LogP contribution in [-0.4, -0.2) is 23.7 Å². The molecular formula is C13H25NO2. The first-order valence-corrected chi connectivity index (χ1v) is 6.44. The molecule has 0 bridgehead atoms. The zero-order chi connectivity index (χ0) is 12.0. The molecule has 1 aliphatic carbocycles. The standard InChI is InChI=1S/C13H25NO2/c1-13(2)8-5-6-11(10-13)14-12(16)7-3-4-9-15/h11,15H,3-10H2,1-2H3,(H,14,16). The lowest BCUT2D eigenvalue weighted by Gasteiger charge is -2.35. The van der Waals surface area contributed by atoms with Gasteiger partial charge in [0.25, 0.3) is 0 Å². The zero-order valence-electron chi connectivity index (χ0n) is 10.6. The van der Waals surface area contributed by atoms with Crippen molar-refractivity contribution < 1.29 is 9.90 Å². The van der Waals surface area contributed by atoms with E-state index in [0.717, 1.165) is 25.7 Å². The smallest absolute Gasteiger partial charge is 0.220 e. The van der Waals surface area contributed by atoms with E-state index < -0.39 is 0 Å². The van der Waals surface area contributed by atoms with Gasteiger partial charge in [-0.15, -0.1) is 0 Å². The summed E-state index contributed by atoms with van der Waals surface area (Å²) in [6, 6.07) is 0.366. The highest BCUT2D eigenvalue weighted by Gasteiger charge is 2.28. The highest BCUT2D eigenvalue weighted by atomic mass is 16.2. The van der Waals surface area contributed by atoms with Crippen LogP contribution in [0.1, 0.15) is 58.8 Å². The van der Waals surface area contributed by atoms with Crippen molar-refractivity contribution in [3.05, 3.63) is 0 Å². The lowest BCUT2D eigenvalue weighted by molar-refractivity contribution is -0.122. The van der Waals surface area contributed by atoms with E-state index in [1.54, 1.807) is 0 Å². The predicted molar refractivity (Wildman–Crippen MR) is 65.1 cm³/mol. The van der Waals surface area contributed by atoms with E-state index in [9.17, 15) is 4.79 Å². The molecule has 3 nitrogen and oxygen atoms in total. The fourth-order valence-corrected chi connectivity index (χ4v) is 2.52. The fraction of sp³-hybridized carbons (Fsp3) is 0.923. The summed E-state index contributed by atoms with van der Waals surface area (Å²) in [5.41, 5.74) is 0.376. The number of carbonyl (C=O) groups excluding carboxylic acids is 1. The maximum atomic E-state index is 11.6. The minimum Gasteiger partial charge on any atom is -0.396 e. The highest BCUT2D eigenvalue weighted by molar-refractivity contribution is 5.76. The quantitative estimate of drug-likeness (QED) is 0.708. The van der Waals surface area contributed by atoms with Crippen molar-refractivity contribution in [1.29, 1.82) is 0 Å². The lowest BCUT2D eigenvalue weighted by Crippen LogP contribution is -2.40. The maximum Gasteiger partial charge on any atom is 0.220 e. The van der Waals surface area contributed by atoms with Crippen molar-refractivity contribution in [2.45, 2.75) is 64.8 Å². The van der Waals surface area contributed by atoms with Crippen LogP contribution in [0.25, 0.3) is 0 Å². The number of aliphatic hydroxyl groups excluding tert-OH is 1. The Morgan fingerprint density at radius 2 is 2.19 bits per heavy atom. The van der Waals surface area contributed by atoms with E-state index in [2.05, 4.69) is 19.2 Å². The summed E-state index contributed by atoms with van der Waals surface area (Å²) >= 11 is 0. The van der Waals surface area contributed by atoms with Crippen LogP contribution in [0.5, 0.6) is 0 Å². The van der Waals surface area contributed by atoms with Gasteiger partial charge in [-0.25, -0.2) is 0 Å². The molecule has 1 rings (SSSR count). The van der Waals surface area contributed by atoms with E-state index in [1.807, 2.05) is 0 Å². The first-order chi connectivity index (χ1) is 7.53. The predicted octanol–water partition coefficient (Wildman–Crippen LogP) is 2.23. The first kappa shape index (κ1) is 13.5. The molecule has 1 aliphatic rings.